The number of likely N-dealkylation sites (N-methyl/N-ethyl adjacent to an activating group) is 1. The minimum absolute atomic E-state index is 0.471. The van der Waals surface area contributed by atoms with Gasteiger partial charge in [-0.05, 0) is 23.3 Å². The second kappa shape index (κ2) is 6.18. The Kier molecular flexibility index (Phi) is 4.31. The van der Waals surface area contributed by atoms with Crippen molar-refractivity contribution < 1.29 is 9.80 Å². The van der Waals surface area contributed by atoms with Gasteiger partial charge in [-0.1, -0.05) is 19.8 Å². The Labute approximate surface area is 121 Å². The highest BCUT2D eigenvalue weighted by atomic mass is 15.6. The van der Waals surface area contributed by atoms with Crippen LogP contribution in [0.4, 0.5) is 0 Å². The van der Waals surface area contributed by atoms with Crippen molar-refractivity contribution in [1.29, 1.82) is 0 Å². The first-order valence-corrected chi connectivity index (χ1v) is 8.23. The number of piperazine rings is 1. The quantitative estimate of drug-likeness (QED) is 0.717. The van der Waals surface area contributed by atoms with Crippen molar-refractivity contribution in [3.05, 3.63) is 5.82 Å². The predicted octanol–water partition coefficient (Wildman–Crippen LogP) is -1.35. The predicted molar refractivity (Wildman–Crippen MR) is 75.7 cm³/mol. The van der Waals surface area contributed by atoms with Crippen molar-refractivity contribution in [1.82, 2.24) is 20.2 Å². The first-order chi connectivity index (χ1) is 9.79. The number of quaternary nitrogens is 2. The van der Waals surface area contributed by atoms with Crippen LogP contribution >= 0.6 is 0 Å². The molecule has 1 atom stereocenters. The van der Waals surface area contributed by atoms with Crippen LogP contribution in [-0.4, -0.2) is 53.4 Å². The molecule has 1 aromatic rings. The summed E-state index contributed by atoms with van der Waals surface area (Å²) in [4.78, 5) is 3.33. The molecule has 1 saturated carbocycles. The minimum atomic E-state index is 0.471. The van der Waals surface area contributed by atoms with Crippen LogP contribution in [-0.2, 0) is 0 Å². The van der Waals surface area contributed by atoms with Gasteiger partial charge in [0.25, 0.3) is 0 Å². The number of nitrogens with zero attached hydrogens (tertiary/aromatic N) is 4. The average molecular weight is 280 g/mol. The van der Waals surface area contributed by atoms with E-state index in [0.717, 1.165) is 12.2 Å². The number of hydrogen-bond donors (Lipinski definition) is 2. The van der Waals surface area contributed by atoms with Gasteiger partial charge in [0.1, 0.15) is 32.2 Å². The lowest BCUT2D eigenvalue weighted by Crippen LogP contribution is -3.27. The number of tetrazole rings is 1. The highest BCUT2D eigenvalue weighted by molar-refractivity contribution is 4.91. The zero-order chi connectivity index (χ0) is 13.9. The van der Waals surface area contributed by atoms with Crippen molar-refractivity contribution in [3.63, 3.8) is 0 Å². The Morgan fingerprint density at radius 2 is 1.90 bits per heavy atom. The fourth-order valence-corrected chi connectivity index (χ4v) is 3.84. The maximum Gasteiger partial charge on any atom is 0.209 e. The Balaban J connectivity index is 1.77. The van der Waals surface area contributed by atoms with Gasteiger partial charge in [-0.2, -0.15) is 0 Å². The molecule has 2 aliphatic rings. The smallest absolute Gasteiger partial charge is 0.209 e. The Hall–Kier alpha value is -1.01. The van der Waals surface area contributed by atoms with Crippen LogP contribution in [0.15, 0.2) is 0 Å². The van der Waals surface area contributed by atoms with Gasteiger partial charge < -0.3 is 9.80 Å². The fourth-order valence-electron chi connectivity index (χ4n) is 3.84. The van der Waals surface area contributed by atoms with Gasteiger partial charge in [-0.25, -0.2) is 4.68 Å². The van der Waals surface area contributed by atoms with Gasteiger partial charge in [-0.3, -0.25) is 0 Å². The highest BCUT2D eigenvalue weighted by Crippen LogP contribution is 2.30. The van der Waals surface area contributed by atoms with Gasteiger partial charge in [-0.15, -0.1) is 5.10 Å². The fraction of sp³-hybridized carbons (Fsp3) is 0.929. The molecule has 2 fully saturated rings. The zero-order valence-electron chi connectivity index (χ0n) is 12.8. The molecular weight excluding hydrogens is 252 g/mol. The maximum atomic E-state index is 4.40. The largest absolute Gasteiger partial charge is 0.328 e. The molecule has 3 rings (SSSR count). The van der Waals surface area contributed by atoms with Crippen molar-refractivity contribution in [2.45, 2.75) is 51.1 Å². The topological polar surface area (TPSA) is 52.5 Å². The van der Waals surface area contributed by atoms with Crippen LogP contribution in [0.5, 0.6) is 0 Å². The van der Waals surface area contributed by atoms with E-state index in [4.69, 9.17) is 0 Å². The van der Waals surface area contributed by atoms with E-state index in [1.165, 1.54) is 51.9 Å². The Morgan fingerprint density at radius 3 is 2.55 bits per heavy atom. The molecule has 20 heavy (non-hydrogen) atoms. The molecule has 2 heterocycles. The first kappa shape index (κ1) is 13.9. The Bertz CT molecular complexity index is 417. The van der Waals surface area contributed by atoms with Gasteiger partial charge in [0.15, 0.2) is 0 Å². The van der Waals surface area contributed by atoms with Crippen LogP contribution in [0.25, 0.3) is 0 Å². The van der Waals surface area contributed by atoms with Crippen LogP contribution in [0, 0.1) is 0 Å². The lowest BCUT2D eigenvalue weighted by Gasteiger charge is -2.32. The molecule has 1 aromatic heterocycles. The summed E-state index contributed by atoms with van der Waals surface area (Å²) in [6, 6.07) is 1.02. The molecular formula is C14H28N6+2. The molecule has 2 N–H and O–H groups in total. The molecule has 0 amide bonds. The maximum absolute atomic E-state index is 4.40. The molecule has 6 heteroatoms. The van der Waals surface area contributed by atoms with Gasteiger partial charge in [0, 0.05) is 6.42 Å². The average Bonchev–Trinajstić information content (AvgIpc) is 3.12. The molecule has 6 nitrogen and oxygen atoms in total. The minimum Gasteiger partial charge on any atom is -0.328 e. The normalized spacial score (nSPS) is 29.7. The number of aromatic nitrogens is 4. The summed E-state index contributed by atoms with van der Waals surface area (Å²) in [7, 11) is 2.29. The number of rotatable bonds is 4. The molecule has 0 aromatic carbocycles. The van der Waals surface area contributed by atoms with E-state index in [1.54, 1.807) is 9.80 Å². The van der Waals surface area contributed by atoms with Gasteiger partial charge in [0.2, 0.25) is 5.82 Å². The van der Waals surface area contributed by atoms with Crippen LogP contribution in [0.2, 0.25) is 0 Å². The SMILES string of the molecule is CC[C@H](c1nnnn1C1CCCC1)[NH+]1CC[NH+](C)CC1. The zero-order valence-corrected chi connectivity index (χ0v) is 12.8. The van der Waals surface area contributed by atoms with Gasteiger partial charge in [0.05, 0.1) is 13.1 Å². The molecule has 1 aliphatic heterocycles. The lowest BCUT2D eigenvalue weighted by molar-refractivity contribution is -1.02. The van der Waals surface area contributed by atoms with Crippen LogP contribution < -0.4 is 9.80 Å². The van der Waals surface area contributed by atoms with Crippen molar-refractivity contribution >= 4 is 0 Å². The molecule has 1 aliphatic carbocycles. The van der Waals surface area contributed by atoms with E-state index >= 15 is 0 Å². The third-order valence-corrected chi connectivity index (χ3v) is 5.15. The number of nitrogens with one attached hydrogen (secondary N) is 2. The summed E-state index contributed by atoms with van der Waals surface area (Å²) < 4.78 is 2.15. The molecule has 0 bridgehead atoms. The molecule has 1 saturated heterocycles. The first-order valence-electron chi connectivity index (χ1n) is 8.23. The van der Waals surface area contributed by atoms with Crippen LogP contribution in [0.3, 0.4) is 0 Å². The molecule has 0 radical (unpaired) electrons. The second-order valence-electron chi connectivity index (χ2n) is 6.50. The Morgan fingerprint density at radius 1 is 1.20 bits per heavy atom. The summed E-state index contributed by atoms with van der Waals surface area (Å²) in [5.41, 5.74) is 0. The van der Waals surface area contributed by atoms with E-state index in [1.807, 2.05) is 0 Å². The van der Waals surface area contributed by atoms with Crippen molar-refractivity contribution in [3.8, 4) is 0 Å². The summed E-state index contributed by atoms with van der Waals surface area (Å²) in [6.07, 6.45) is 6.27. The molecule has 0 spiro atoms. The summed E-state index contributed by atoms with van der Waals surface area (Å²) in [5, 5.41) is 12.7. The van der Waals surface area contributed by atoms with E-state index in [2.05, 4.69) is 34.2 Å². The lowest BCUT2D eigenvalue weighted by atomic mass is 10.1. The van der Waals surface area contributed by atoms with E-state index in [9.17, 15) is 0 Å². The van der Waals surface area contributed by atoms with Gasteiger partial charge >= 0.3 is 0 Å². The monoisotopic (exact) mass is 280 g/mol. The molecule has 112 valence electrons. The van der Waals surface area contributed by atoms with Crippen LogP contribution in [0.1, 0.15) is 56.9 Å². The van der Waals surface area contributed by atoms with E-state index in [-0.39, 0.29) is 0 Å². The van der Waals surface area contributed by atoms with Crippen molar-refractivity contribution in [2.75, 3.05) is 33.2 Å². The van der Waals surface area contributed by atoms with Crippen molar-refractivity contribution in [2.24, 2.45) is 0 Å². The summed E-state index contributed by atoms with van der Waals surface area (Å²) >= 11 is 0. The molecule has 0 unspecified atom stereocenters. The van der Waals surface area contributed by atoms with E-state index in [0.29, 0.717) is 12.1 Å². The third-order valence-electron chi connectivity index (χ3n) is 5.15. The number of hydrogen-bond acceptors (Lipinski definition) is 3. The summed E-state index contributed by atoms with van der Waals surface area (Å²) in [6.45, 7) is 7.27. The standard InChI is InChI=1S/C14H26N6/c1-3-13(19-10-8-18(2)9-11-19)14-15-16-17-20(14)12-6-4-5-7-12/h12-13H,3-11H2,1-2H3/p+2/t13-/m1/s1. The third kappa shape index (κ3) is 2.72. The highest BCUT2D eigenvalue weighted by Gasteiger charge is 2.33. The second-order valence-corrected chi connectivity index (χ2v) is 6.50. The summed E-state index contributed by atoms with van der Waals surface area (Å²) in [5.74, 6) is 1.13. The van der Waals surface area contributed by atoms with E-state index < -0.39 is 0 Å².